The fourth-order valence-electron chi connectivity index (χ4n) is 2.43. The van der Waals surface area contributed by atoms with Crippen molar-refractivity contribution in [3.05, 3.63) is 67.9 Å². The minimum absolute atomic E-state index is 0.0456. The molecule has 0 saturated heterocycles. The standard InChI is InChI=1S/C17H14ClNO5/c1-22-14-5-3-10(7-15(14)23-2)9-19-16(20)12-8-11(18)4-6-13(12)24-17(19)21/h3-8H,9H2,1-2H3. The molecule has 0 amide bonds. The maximum absolute atomic E-state index is 12.6. The van der Waals surface area contributed by atoms with E-state index in [1.165, 1.54) is 26.4 Å². The van der Waals surface area contributed by atoms with Crippen molar-refractivity contribution < 1.29 is 13.9 Å². The maximum atomic E-state index is 12.6. The second kappa shape index (κ2) is 6.41. The molecule has 0 aliphatic rings. The molecule has 0 aliphatic carbocycles. The molecular weight excluding hydrogens is 334 g/mol. The molecule has 0 spiro atoms. The molecule has 0 saturated carbocycles. The molecule has 0 fully saturated rings. The van der Waals surface area contributed by atoms with Gasteiger partial charge in [-0.3, -0.25) is 4.79 Å². The van der Waals surface area contributed by atoms with Gasteiger partial charge in [-0.25, -0.2) is 9.36 Å². The zero-order valence-electron chi connectivity index (χ0n) is 13.0. The number of methoxy groups -OCH3 is 2. The quantitative estimate of drug-likeness (QED) is 0.725. The number of ether oxygens (including phenoxy) is 2. The van der Waals surface area contributed by atoms with E-state index in [0.717, 1.165) is 4.57 Å². The van der Waals surface area contributed by atoms with Gasteiger partial charge in [0.1, 0.15) is 5.58 Å². The zero-order valence-corrected chi connectivity index (χ0v) is 13.8. The molecule has 0 N–H and O–H groups in total. The molecule has 0 radical (unpaired) electrons. The van der Waals surface area contributed by atoms with Crippen LogP contribution in [0.1, 0.15) is 5.56 Å². The fourth-order valence-corrected chi connectivity index (χ4v) is 2.61. The van der Waals surface area contributed by atoms with E-state index >= 15 is 0 Å². The lowest BCUT2D eigenvalue weighted by molar-refractivity contribution is 0.354. The Balaban J connectivity index is 2.10. The summed E-state index contributed by atoms with van der Waals surface area (Å²) in [6.45, 7) is 0.0456. The van der Waals surface area contributed by atoms with Crippen LogP contribution in [0.15, 0.2) is 50.4 Å². The summed E-state index contributed by atoms with van der Waals surface area (Å²) in [6, 6.07) is 9.69. The molecule has 2 aromatic carbocycles. The molecule has 3 rings (SSSR count). The summed E-state index contributed by atoms with van der Waals surface area (Å²) in [5.74, 6) is 0.340. The number of fused-ring (bicyclic) bond motifs is 1. The predicted molar refractivity (Wildman–Crippen MR) is 90.4 cm³/mol. The molecule has 3 aromatic rings. The molecule has 124 valence electrons. The summed E-state index contributed by atoms with van der Waals surface area (Å²) in [6.07, 6.45) is 0. The lowest BCUT2D eigenvalue weighted by Gasteiger charge is -2.10. The van der Waals surface area contributed by atoms with Crippen molar-refractivity contribution in [2.75, 3.05) is 14.2 Å². The number of halogens is 1. The fraction of sp³-hybridized carbons (Fsp3) is 0.176. The molecule has 1 heterocycles. The first-order valence-electron chi connectivity index (χ1n) is 7.07. The molecule has 0 bridgehead atoms. The molecular formula is C17H14ClNO5. The normalized spacial score (nSPS) is 10.8. The van der Waals surface area contributed by atoms with Crippen LogP contribution >= 0.6 is 11.6 Å². The highest BCUT2D eigenvalue weighted by Gasteiger charge is 2.12. The highest BCUT2D eigenvalue weighted by molar-refractivity contribution is 6.31. The Morgan fingerprint density at radius 1 is 1.04 bits per heavy atom. The van der Waals surface area contributed by atoms with Gasteiger partial charge in [0.2, 0.25) is 0 Å². The van der Waals surface area contributed by atoms with Crippen LogP contribution in [0.25, 0.3) is 11.0 Å². The topological polar surface area (TPSA) is 70.7 Å². The van der Waals surface area contributed by atoms with E-state index in [2.05, 4.69) is 0 Å². The summed E-state index contributed by atoms with van der Waals surface area (Å²) >= 11 is 5.92. The van der Waals surface area contributed by atoms with Crippen LogP contribution in [0, 0.1) is 0 Å². The molecule has 0 aliphatic heterocycles. The van der Waals surface area contributed by atoms with Crippen LogP contribution in [0.3, 0.4) is 0 Å². The first kappa shape index (κ1) is 16.1. The van der Waals surface area contributed by atoms with Crippen molar-refractivity contribution in [2.45, 2.75) is 6.54 Å². The van der Waals surface area contributed by atoms with Crippen molar-refractivity contribution >= 4 is 22.6 Å². The van der Waals surface area contributed by atoms with Crippen molar-refractivity contribution in [1.29, 1.82) is 0 Å². The first-order valence-corrected chi connectivity index (χ1v) is 7.45. The van der Waals surface area contributed by atoms with Gasteiger partial charge in [-0.05, 0) is 35.9 Å². The first-order chi connectivity index (χ1) is 11.5. The van der Waals surface area contributed by atoms with E-state index in [0.29, 0.717) is 22.1 Å². The van der Waals surface area contributed by atoms with Crippen LogP contribution < -0.4 is 20.8 Å². The molecule has 7 heteroatoms. The highest BCUT2D eigenvalue weighted by Crippen LogP contribution is 2.27. The molecule has 0 unspecified atom stereocenters. The monoisotopic (exact) mass is 347 g/mol. The minimum Gasteiger partial charge on any atom is -0.493 e. The van der Waals surface area contributed by atoms with Gasteiger partial charge < -0.3 is 13.9 Å². The van der Waals surface area contributed by atoms with Gasteiger partial charge in [-0.15, -0.1) is 0 Å². The number of benzene rings is 2. The van der Waals surface area contributed by atoms with E-state index < -0.39 is 11.3 Å². The van der Waals surface area contributed by atoms with Crippen LogP contribution in [0.2, 0.25) is 5.02 Å². The van der Waals surface area contributed by atoms with Gasteiger partial charge in [-0.2, -0.15) is 0 Å². The number of rotatable bonds is 4. The Morgan fingerprint density at radius 3 is 2.50 bits per heavy atom. The molecule has 6 nitrogen and oxygen atoms in total. The average Bonchev–Trinajstić information content (AvgIpc) is 2.59. The second-order valence-electron chi connectivity index (χ2n) is 5.09. The largest absolute Gasteiger partial charge is 0.493 e. The minimum atomic E-state index is -0.732. The van der Waals surface area contributed by atoms with Crippen molar-refractivity contribution in [3.8, 4) is 11.5 Å². The van der Waals surface area contributed by atoms with Gasteiger partial charge in [0.05, 0.1) is 26.2 Å². The van der Waals surface area contributed by atoms with Gasteiger partial charge in [0.25, 0.3) is 5.56 Å². The third-order valence-corrected chi connectivity index (χ3v) is 3.86. The summed E-state index contributed by atoms with van der Waals surface area (Å²) in [7, 11) is 3.05. The van der Waals surface area contributed by atoms with E-state index in [9.17, 15) is 9.59 Å². The van der Waals surface area contributed by atoms with Crippen molar-refractivity contribution in [3.63, 3.8) is 0 Å². The van der Waals surface area contributed by atoms with Crippen LogP contribution in [0.4, 0.5) is 0 Å². The Morgan fingerprint density at radius 2 is 1.79 bits per heavy atom. The number of hydrogen-bond acceptors (Lipinski definition) is 5. The van der Waals surface area contributed by atoms with Gasteiger partial charge >= 0.3 is 5.76 Å². The van der Waals surface area contributed by atoms with Crippen LogP contribution in [-0.4, -0.2) is 18.8 Å². The summed E-state index contributed by atoms with van der Waals surface area (Å²) < 4.78 is 16.6. The smallest absolute Gasteiger partial charge is 0.422 e. The van der Waals surface area contributed by atoms with Gasteiger partial charge in [0, 0.05) is 5.02 Å². The van der Waals surface area contributed by atoms with Gasteiger partial charge in [-0.1, -0.05) is 17.7 Å². The molecule has 24 heavy (non-hydrogen) atoms. The van der Waals surface area contributed by atoms with Crippen LogP contribution in [-0.2, 0) is 6.54 Å². The Labute approximate surface area is 141 Å². The zero-order chi connectivity index (χ0) is 17.3. The summed E-state index contributed by atoms with van der Waals surface area (Å²) in [5, 5.41) is 0.647. The number of nitrogens with zero attached hydrogens (tertiary/aromatic N) is 1. The number of hydrogen-bond donors (Lipinski definition) is 0. The Hall–Kier alpha value is -2.73. The van der Waals surface area contributed by atoms with E-state index in [-0.39, 0.29) is 17.5 Å². The average molecular weight is 348 g/mol. The second-order valence-corrected chi connectivity index (χ2v) is 5.53. The summed E-state index contributed by atoms with van der Waals surface area (Å²) in [4.78, 5) is 24.7. The molecule has 0 atom stereocenters. The van der Waals surface area contributed by atoms with E-state index in [1.54, 1.807) is 24.3 Å². The third-order valence-electron chi connectivity index (χ3n) is 3.62. The summed E-state index contributed by atoms with van der Waals surface area (Å²) in [5.41, 5.74) is 0.444. The highest BCUT2D eigenvalue weighted by atomic mass is 35.5. The van der Waals surface area contributed by atoms with Crippen LogP contribution in [0.5, 0.6) is 11.5 Å². The maximum Gasteiger partial charge on any atom is 0.422 e. The van der Waals surface area contributed by atoms with Crippen molar-refractivity contribution in [1.82, 2.24) is 4.57 Å². The van der Waals surface area contributed by atoms with Gasteiger partial charge in [0.15, 0.2) is 11.5 Å². The lowest BCUT2D eigenvalue weighted by Crippen LogP contribution is -2.32. The van der Waals surface area contributed by atoms with E-state index in [4.69, 9.17) is 25.5 Å². The number of aromatic nitrogens is 1. The predicted octanol–water partition coefficient (Wildman–Crippen LogP) is 2.67. The van der Waals surface area contributed by atoms with Crippen molar-refractivity contribution in [2.24, 2.45) is 0 Å². The Kier molecular flexibility index (Phi) is 4.31. The Bertz CT molecular complexity index is 1020. The molecule has 1 aromatic heterocycles. The lowest BCUT2D eigenvalue weighted by atomic mass is 10.2. The van der Waals surface area contributed by atoms with E-state index in [1.807, 2.05) is 0 Å². The SMILES string of the molecule is COc1ccc(Cn2c(=O)oc3ccc(Cl)cc3c2=O)cc1OC. The third kappa shape index (κ3) is 2.88.